The Morgan fingerprint density at radius 3 is 2.44 bits per heavy atom. The lowest BCUT2D eigenvalue weighted by molar-refractivity contribution is -0.137. The monoisotopic (exact) mass is 454 g/mol. The van der Waals surface area contributed by atoms with E-state index in [4.69, 9.17) is 16.7 Å². The summed E-state index contributed by atoms with van der Waals surface area (Å²) < 4.78 is 0. The minimum Gasteiger partial charge on any atom is -0.481 e. The molecule has 1 heterocycles. The Labute approximate surface area is 195 Å². The summed E-state index contributed by atoms with van der Waals surface area (Å²) in [6.07, 6.45) is 3.54. The van der Waals surface area contributed by atoms with Crippen molar-refractivity contribution in [2.45, 2.75) is 52.5 Å². The maximum absolute atomic E-state index is 12.9. The molecular weight excluding hydrogens is 424 g/mol. The first kappa shape index (κ1) is 23.9. The van der Waals surface area contributed by atoms with Gasteiger partial charge in [0.25, 0.3) is 0 Å². The Hall–Kier alpha value is -2.79. The molecule has 0 aromatic heterocycles. The second-order valence-corrected chi connectivity index (χ2v) is 10.1. The van der Waals surface area contributed by atoms with Gasteiger partial charge in [0.15, 0.2) is 0 Å². The molecule has 2 aromatic rings. The van der Waals surface area contributed by atoms with Crippen LogP contribution in [-0.4, -0.2) is 28.6 Å². The van der Waals surface area contributed by atoms with Crippen molar-refractivity contribution in [2.75, 3.05) is 6.54 Å². The average Bonchev–Trinajstić information content (AvgIpc) is 2.72. The van der Waals surface area contributed by atoms with Crippen LogP contribution in [0.15, 0.2) is 54.7 Å². The van der Waals surface area contributed by atoms with Crippen LogP contribution in [-0.2, 0) is 16.8 Å². The number of benzene rings is 2. The molecule has 170 valence electrons. The van der Waals surface area contributed by atoms with Crippen LogP contribution in [0.3, 0.4) is 0 Å². The Kier molecular flexibility index (Phi) is 6.99. The summed E-state index contributed by atoms with van der Waals surface area (Å²) >= 11 is 6.67. The third-order valence-corrected chi connectivity index (χ3v) is 6.22. The smallest absolute Gasteiger partial charge is 0.322 e. The molecule has 0 unspecified atom stereocenters. The van der Waals surface area contributed by atoms with Crippen LogP contribution >= 0.6 is 11.6 Å². The number of carboxylic acids is 1. The van der Waals surface area contributed by atoms with Crippen LogP contribution in [0.2, 0.25) is 5.02 Å². The van der Waals surface area contributed by atoms with Crippen LogP contribution in [0.4, 0.5) is 4.79 Å². The SMILES string of the molecule is CC(C)(C)CCc1ccc([C@]2(C)NC(=O)N(CCC(=O)O)C=C2c2ccccc2)cc1Cl. The molecule has 2 amide bonds. The molecule has 0 spiro atoms. The number of hydrogen-bond donors (Lipinski definition) is 2. The topological polar surface area (TPSA) is 69.6 Å². The van der Waals surface area contributed by atoms with Crippen molar-refractivity contribution >= 4 is 29.2 Å². The highest BCUT2D eigenvalue weighted by atomic mass is 35.5. The fraction of sp³-hybridized carbons (Fsp3) is 0.385. The van der Waals surface area contributed by atoms with E-state index < -0.39 is 11.5 Å². The highest BCUT2D eigenvalue weighted by Gasteiger charge is 2.39. The first-order valence-electron chi connectivity index (χ1n) is 10.9. The van der Waals surface area contributed by atoms with E-state index in [1.807, 2.05) is 55.5 Å². The second kappa shape index (κ2) is 9.37. The summed E-state index contributed by atoms with van der Waals surface area (Å²) in [5, 5.41) is 12.8. The number of carbonyl (C=O) groups is 2. The molecule has 2 aromatic carbocycles. The van der Waals surface area contributed by atoms with Crippen LogP contribution in [0.25, 0.3) is 5.57 Å². The van der Waals surface area contributed by atoms with E-state index in [-0.39, 0.29) is 24.4 Å². The number of amides is 2. The number of urea groups is 1. The van der Waals surface area contributed by atoms with E-state index >= 15 is 0 Å². The predicted octanol–water partition coefficient (Wildman–Crippen LogP) is 6.07. The van der Waals surface area contributed by atoms with Crippen molar-refractivity contribution in [2.24, 2.45) is 5.41 Å². The molecule has 0 bridgehead atoms. The van der Waals surface area contributed by atoms with Crippen LogP contribution < -0.4 is 5.32 Å². The minimum absolute atomic E-state index is 0.0973. The van der Waals surface area contributed by atoms with E-state index in [2.05, 4.69) is 26.1 Å². The van der Waals surface area contributed by atoms with Gasteiger partial charge >= 0.3 is 12.0 Å². The molecule has 6 heteroatoms. The Balaban J connectivity index is 2.01. The second-order valence-electron chi connectivity index (χ2n) is 9.67. The van der Waals surface area contributed by atoms with Gasteiger partial charge < -0.3 is 15.3 Å². The Morgan fingerprint density at radius 1 is 1.16 bits per heavy atom. The van der Waals surface area contributed by atoms with E-state index in [1.165, 1.54) is 4.90 Å². The first-order valence-corrected chi connectivity index (χ1v) is 11.2. The van der Waals surface area contributed by atoms with Crippen molar-refractivity contribution in [3.05, 3.63) is 76.4 Å². The number of carboxylic acid groups (broad SMARTS) is 1. The number of nitrogens with one attached hydrogen (secondary N) is 1. The summed E-state index contributed by atoms with van der Waals surface area (Å²) in [6.45, 7) is 8.68. The zero-order chi connectivity index (χ0) is 23.5. The lowest BCUT2D eigenvalue weighted by Crippen LogP contribution is -2.53. The number of nitrogens with zero attached hydrogens (tertiary/aromatic N) is 1. The van der Waals surface area contributed by atoms with Crippen molar-refractivity contribution in [3.8, 4) is 0 Å². The lowest BCUT2D eigenvalue weighted by atomic mass is 9.79. The van der Waals surface area contributed by atoms with Gasteiger partial charge in [0, 0.05) is 23.3 Å². The number of rotatable bonds is 7. The van der Waals surface area contributed by atoms with Crippen LogP contribution in [0, 0.1) is 5.41 Å². The third kappa shape index (κ3) is 5.52. The van der Waals surface area contributed by atoms with Crippen molar-refractivity contribution < 1.29 is 14.7 Å². The van der Waals surface area contributed by atoms with Gasteiger partial charge in [-0.25, -0.2) is 4.79 Å². The molecule has 0 fully saturated rings. The van der Waals surface area contributed by atoms with Crippen LogP contribution in [0.1, 0.15) is 57.2 Å². The van der Waals surface area contributed by atoms with Gasteiger partial charge in [0.05, 0.1) is 12.0 Å². The summed E-state index contributed by atoms with van der Waals surface area (Å²) in [4.78, 5) is 25.3. The lowest BCUT2D eigenvalue weighted by Gasteiger charge is -2.41. The normalized spacial score (nSPS) is 18.8. The molecule has 3 rings (SSSR count). The highest BCUT2D eigenvalue weighted by molar-refractivity contribution is 6.31. The molecule has 5 nitrogen and oxygen atoms in total. The van der Waals surface area contributed by atoms with Gasteiger partial charge in [-0.15, -0.1) is 0 Å². The van der Waals surface area contributed by atoms with Crippen molar-refractivity contribution in [3.63, 3.8) is 0 Å². The van der Waals surface area contributed by atoms with Gasteiger partial charge in [0.2, 0.25) is 0 Å². The van der Waals surface area contributed by atoms with E-state index in [0.29, 0.717) is 5.02 Å². The average molecular weight is 455 g/mol. The summed E-state index contributed by atoms with van der Waals surface area (Å²) in [6, 6.07) is 15.5. The predicted molar refractivity (Wildman–Crippen MR) is 128 cm³/mol. The largest absolute Gasteiger partial charge is 0.481 e. The van der Waals surface area contributed by atoms with Gasteiger partial charge in [-0.3, -0.25) is 4.79 Å². The summed E-state index contributed by atoms with van der Waals surface area (Å²) in [5.74, 6) is -0.946. The molecule has 2 N–H and O–H groups in total. The maximum atomic E-state index is 12.9. The van der Waals surface area contributed by atoms with Crippen LogP contribution in [0.5, 0.6) is 0 Å². The summed E-state index contributed by atoms with van der Waals surface area (Å²) in [5.41, 5.74) is 3.19. The fourth-order valence-corrected chi connectivity index (χ4v) is 4.13. The van der Waals surface area contributed by atoms with Gasteiger partial charge in [0.1, 0.15) is 0 Å². The number of aryl methyl sites for hydroxylation is 1. The molecule has 1 aliphatic rings. The summed E-state index contributed by atoms with van der Waals surface area (Å²) in [7, 11) is 0. The van der Waals surface area contributed by atoms with Gasteiger partial charge in [-0.1, -0.05) is 74.8 Å². The molecule has 0 radical (unpaired) electrons. The molecule has 1 aliphatic heterocycles. The molecule has 0 saturated heterocycles. The standard InChI is InChI=1S/C26H31ClN2O3/c1-25(2,3)14-12-19-10-11-20(16-22(19)27)26(4)21(18-8-6-5-7-9-18)17-29(24(32)28-26)15-13-23(30)31/h5-11,16-17H,12-15H2,1-4H3,(H,28,32)(H,30,31)/t26-/m0/s1. The first-order chi connectivity index (χ1) is 15.0. The molecular formula is C26H31ClN2O3. The van der Waals surface area contributed by atoms with Gasteiger partial charge in [-0.2, -0.15) is 0 Å². The maximum Gasteiger partial charge on any atom is 0.322 e. The third-order valence-electron chi connectivity index (χ3n) is 5.87. The number of carbonyl (C=O) groups excluding carboxylic acids is 1. The Bertz CT molecular complexity index is 1030. The van der Waals surface area contributed by atoms with Crippen molar-refractivity contribution in [1.29, 1.82) is 0 Å². The zero-order valence-corrected chi connectivity index (χ0v) is 19.9. The zero-order valence-electron chi connectivity index (χ0n) is 19.1. The quantitative estimate of drug-likeness (QED) is 0.533. The fourth-order valence-electron chi connectivity index (χ4n) is 3.86. The van der Waals surface area contributed by atoms with Gasteiger partial charge in [-0.05, 0) is 47.9 Å². The number of aliphatic carboxylic acids is 1. The Morgan fingerprint density at radius 2 is 1.84 bits per heavy atom. The minimum atomic E-state index is -0.946. The molecule has 32 heavy (non-hydrogen) atoms. The molecule has 1 atom stereocenters. The number of halogens is 1. The van der Waals surface area contributed by atoms with E-state index in [0.717, 1.165) is 35.1 Å². The van der Waals surface area contributed by atoms with Crippen molar-refractivity contribution in [1.82, 2.24) is 10.2 Å². The number of hydrogen-bond acceptors (Lipinski definition) is 2. The highest BCUT2D eigenvalue weighted by Crippen LogP contribution is 2.40. The molecule has 0 aliphatic carbocycles. The molecule has 0 saturated carbocycles. The van der Waals surface area contributed by atoms with E-state index in [1.54, 1.807) is 6.20 Å². The van der Waals surface area contributed by atoms with E-state index in [9.17, 15) is 9.59 Å².